The second-order valence-electron chi connectivity index (χ2n) is 7.22. The topological polar surface area (TPSA) is 38.3 Å². The lowest BCUT2D eigenvalue weighted by molar-refractivity contribution is -0.137. The first kappa shape index (κ1) is 21.1. The van der Waals surface area contributed by atoms with Gasteiger partial charge in [-0.2, -0.15) is 13.2 Å². The van der Waals surface area contributed by atoms with Crippen molar-refractivity contribution in [2.24, 2.45) is 0 Å². The maximum absolute atomic E-state index is 12.9. The number of ether oxygens (including phenoxy) is 1. The molecule has 0 aliphatic rings. The van der Waals surface area contributed by atoms with Crippen molar-refractivity contribution < 1.29 is 22.7 Å². The van der Waals surface area contributed by atoms with Gasteiger partial charge in [0.25, 0.3) is 5.91 Å². The molecule has 27 heavy (non-hydrogen) atoms. The summed E-state index contributed by atoms with van der Waals surface area (Å²) < 4.78 is 44.3. The molecule has 0 heterocycles. The molecule has 1 amide bonds. The van der Waals surface area contributed by atoms with E-state index in [-0.39, 0.29) is 11.1 Å². The van der Waals surface area contributed by atoms with E-state index < -0.39 is 28.8 Å². The Balaban J connectivity index is 2.06. The summed E-state index contributed by atoms with van der Waals surface area (Å²) in [5, 5.41) is 1.99. The second kappa shape index (κ2) is 7.80. The molecule has 0 bridgehead atoms. The maximum atomic E-state index is 12.9. The van der Waals surface area contributed by atoms with Crippen LogP contribution < -0.4 is 10.1 Å². The number of hydrogen-bond donors (Lipinski definition) is 1. The smallest absolute Gasteiger partial charge is 0.417 e. The minimum absolute atomic E-state index is 0.00439. The number of rotatable bonds is 4. The van der Waals surface area contributed by atoms with Crippen molar-refractivity contribution in [2.45, 2.75) is 45.4 Å². The minimum atomic E-state index is -4.60. The molecule has 2 aromatic rings. The predicted molar refractivity (Wildman–Crippen MR) is 100 cm³/mol. The summed E-state index contributed by atoms with van der Waals surface area (Å²) in [5.74, 6) is -0.0666. The van der Waals surface area contributed by atoms with Gasteiger partial charge in [-0.25, -0.2) is 0 Å². The summed E-state index contributed by atoms with van der Waals surface area (Å²) in [4.78, 5) is 12.2. The van der Waals surface area contributed by atoms with Crippen LogP contribution in [0.1, 0.15) is 38.8 Å². The molecule has 146 valence electrons. The van der Waals surface area contributed by atoms with Crippen molar-refractivity contribution >= 4 is 23.2 Å². The van der Waals surface area contributed by atoms with Crippen molar-refractivity contribution in [1.82, 2.24) is 0 Å². The Morgan fingerprint density at radius 3 is 2.19 bits per heavy atom. The van der Waals surface area contributed by atoms with Gasteiger partial charge in [-0.05, 0) is 48.2 Å². The number of halogens is 4. The third-order valence-electron chi connectivity index (χ3n) is 3.94. The Morgan fingerprint density at radius 1 is 1.07 bits per heavy atom. The predicted octanol–water partition coefficient (Wildman–Crippen LogP) is 6.06. The summed E-state index contributed by atoms with van der Waals surface area (Å²) in [6.45, 7) is 7.77. The van der Waals surface area contributed by atoms with E-state index in [2.05, 4.69) is 26.1 Å². The van der Waals surface area contributed by atoms with E-state index in [1.807, 2.05) is 12.1 Å². The van der Waals surface area contributed by atoms with E-state index >= 15 is 0 Å². The Kier molecular flexibility index (Phi) is 6.10. The molecule has 3 nitrogen and oxygen atoms in total. The molecule has 7 heteroatoms. The summed E-state index contributed by atoms with van der Waals surface area (Å²) in [7, 11) is 0. The Hall–Kier alpha value is -2.21. The van der Waals surface area contributed by atoms with Gasteiger partial charge in [0, 0.05) is 5.69 Å². The largest absolute Gasteiger partial charge is 0.481 e. The molecule has 0 saturated carbocycles. The lowest BCUT2D eigenvalue weighted by atomic mass is 9.87. The lowest BCUT2D eigenvalue weighted by Crippen LogP contribution is -2.30. The van der Waals surface area contributed by atoms with Crippen LogP contribution >= 0.6 is 11.6 Å². The maximum Gasteiger partial charge on any atom is 0.417 e. The second-order valence-corrected chi connectivity index (χ2v) is 7.62. The van der Waals surface area contributed by atoms with Crippen molar-refractivity contribution in [2.75, 3.05) is 5.32 Å². The molecule has 0 aliphatic carbocycles. The Bertz CT molecular complexity index is 811. The highest BCUT2D eigenvalue weighted by molar-refractivity contribution is 6.31. The number of carbonyl (C=O) groups is 1. The first-order valence-corrected chi connectivity index (χ1v) is 8.70. The molecular formula is C20H21ClF3NO2. The van der Waals surface area contributed by atoms with Gasteiger partial charge in [-0.15, -0.1) is 0 Å². The number of nitrogens with one attached hydrogen (secondary N) is 1. The number of carbonyl (C=O) groups excluding carboxylic acids is 1. The fourth-order valence-corrected chi connectivity index (χ4v) is 2.58. The van der Waals surface area contributed by atoms with Crippen molar-refractivity contribution in [1.29, 1.82) is 0 Å². The molecule has 1 N–H and O–H groups in total. The molecule has 0 unspecified atom stereocenters. The Labute approximate surface area is 161 Å². The standard InChI is InChI=1S/C20H21ClF3NO2/c1-12(27-15-8-5-13(6-9-15)19(2,3)4)18(26)25-14-7-10-17(21)16(11-14)20(22,23)24/h5-12H,1-4H3,(H,25,26)/t12-/m1/s1. The van der Waals surface area contributed by atoms with Crippen LogP contribution in [0.4, 0.5) is 18.9 Å². The van der Waals surface area contributed by atoms with E-state index in [1.54, 1.807) is 12.1 Å². The minimum Gasteiger partial charge on any atom is -0.481 e. The highest BCUT2D eigenvalue weighted by Crippen LogP contribution is 2.36. The van der Waals surface area contributed by atoms with E-state index in [9.17, 15) is 18.0 Å². The number of amides is 1. The van der Waals surface area contributed by atoms with Crippen LogP contribution in [0.15, 0.2) is 42.5 Å². The van der Waals surface area contributed by atoms with Gasteiger partial charge in [-0.1, -0.05) is 44.5 Å². The molecule has 2 rings (SSSR count). The molecule has 0 aromatic heterocycles. The van der Waals surface area contributed by atoms with Crippen molar-refractivity contribution in [3.8, 4) is 5.75 Å². The molecule has 2 aromatic carbocycles. The van der Waals surface area contributed by atoms with Crippen LogP contribution in [0.2, 0.25) is 5.02 Å². The van der Waals surface area contributed by atoms with Crippen LogP contribution in [0.3, 0.4) is 0 Å². The summed E-state index contributed by atoms with van der Waals surface area (Å²) in [6, 6.07) is 10.5. The van der Waals surface area contributed by atoms with Gasteiger partial charge in [0.1, 0.15) is 5.75 Å². The zero-order valence-electron chi connectivity index (χ0n) is 15.4. The fourth-order valence-electron chi connectivity index (χ4n) is 2.36. The third-order valence-corrected chi connectivity index (χ3v) is 4.27. The van der Waals surface area contributed by atoms with Gasteiger partial charge in [0.2, 0.25) is 0 Å². The number of hydrogen-bond acceptors (Lipinski definition) is 2. The van der Waals surface area contributed by atoms with Crippen LogP contribution in [-0.2, 0) is 16.4 Å². The van der Waals surface area contributed by atoms with E-state index in [0.29, 0.717) is 5.75 Å². The summed E-state index contributed by atoms with van der Waals surface area (Å²) in [6.07, 6.45) is -5.50. The molecule has 0 spiro atoms. The van der Waals surface area contributed by atoms with Gasteiger partial charge < -0.3 is 10.1 Å². The van der Waals surface area contributed by atoms with Crippen LogP contribution in [0.5, 0.6) is 5.75 Å². The quantitative estimate of drug-likeness (QED) is 0.678. The Morgan fingerprint density at radius 2 is 1.67 bits per heavy atom. The molecule has 0 fully saturated rings. The van der Waals surface area contributed by atoms with E-state index in [4.69, 9.17) is 16.3 Å². The molecular weight excluding hydrogens is 379 g/mol. The summed E-state index contributed by atoms with van der Waals surface area (Å²) >= 11 is 5.57. The monoisotopic (exact) mass is 399 g/mol. The van der Waals surface area contributed by atoms with Crippen molar-refractivity contribution in [3.05, 3.63) is 58.6 Å². The van der Waals surface area contributed by atoms with Gasteiger partial charge in [-0.3, -0.25) is 4.79 Å². The number of benzene rings is 2. The van der Waals surface area contributed by atoms with Crippen molar-refractivity contribution in [3.63, 3.8) is 0 Å². The first-order chi connectivity index (χ1) is 12.4. The molecule has 0 radical (unpaired) electrons. The highest BCUT2D eigenvalue weighted by atomic mass is 35.5. The van der Waals surface area contributed by atoms with Gasteiger partial charge in [0.05, 0.1) is 10.6 Å². The SMILES string of the molecule is C[C@@H](Oc1ccc(C(C)(C)C)cc1)C(=O)Nc1ccc(Cl)c(C(F)(F)F)c1. The zero-order valence-corrected chi connectivity index (χ0v) is 16.2. The molecule has 0 aliphatic heterocycles. The highest BCUT2D eigenvalue weighted by Gasteiger charge is 2.33. The number of anilines is 1. The zero-order chi connectivity index (χ0) is 20.4. The first-order valence-electron chi connectivity index (χ1n) is 8.33. The van der Waals surface area contributed by atoms with Gasteiger partial charge >= 0.3 is 6.18 Å². The molecule has 0 saturated heterocycles. The van der Waals surface area contributed by atoms with E-state index in [1.165, 1.54) is 13.0 Å². The normalized spacial score (nSPS) is 13.2. The number of alkyl halides is 3. The average molecular weight is 400 g/mol. The molecule has 1 atom stereocenters. The van der Waals surface area contributed by atoms with Crippen LogP contribution in [0, 0.1) is 0 Å². The third kappa shape index (κ3) is 5.63. The average Bonchev–Trinajstić information content (AvgIpc) is 2.55. The van der Waals surface area contributed by atoms with Crippen LogP contribution in [-0.4, -0.2) is 12.0 Å². The van der Waals surface area contributed by atoms with Gasteiger partial charge in [0.15, 0.2) is 6.10 Å². The van der Waals surface area contributed by atoms with E-state index in [0.717, 1.165) is 17.7 Å². The lowest BCUT2D eigenvalue weighted by Gasteiger charge is -2.20. The fraction of sp³-hybridized carbons (Fsp3) is 0.350. The van der Waals surface area contributed by atoms with Crippen LogP contribution in [0.25, 0.3) is 0 Å². The summed E-state index contributed by atoms with van der Waals surface area (Å²) in [5.41, 5.74) is 0.100.